The van der Waals surface area contributed by atoms with Crippen LogP contribution in [0.25, 0.3) is 0 Å². The third-order valence-electron chi connectivity index (χ3n) is 3.03. The van der Waals surface area contributed by atoms with Crippen molar-refractivity contribution in [2.24, 2.45) is 5.73 Å². The first-order valence-corrected chi connectivity index (χ1v) is 7.87. The number of rotatable bonds is 8. The SMILES string of the molecule is COC(=O)[C@H](CSc1ccccc1C)NC(=O)[C@@H](N)CC(=O)O. The molecule has 8 heteroatoms. The molecule has 1 amide bonds. The van der Waals surface area contributed by atoms with Crippen LogP contribution in [0, 0.1) is 6.92 Å². The first kappa shape index (κ1) is 19.0. The van der Waals surface area contributed by atoms with Crippen LogP contribution in [0.2, 0.25) is 0 Å². The maximum atomic E-state index is 11.9. The van der Waals surface area contributed by atoms with Gasteiger partial charge in [0.05, 0.1) is 19.6 Å². The Morgan fingerprint density at radius 1 is 1.35 bits per heavy atom. The number of hydrogen-bond donors (Lipinski definition) is 3. The van der Waals surface area contributed by atoms with Gasteiger partial charge in [0.25, 0.3) is 0 Å². The Morgan fingerprint density at radius 3 is 2.57 bits per heavy atom. The molecule has 0 aromatic heterocycles. The first-order chi connectivity index (χ1) is 10.8. The van der Waals surface area contributed by atoms with Crippen LogP contribution < -0.4 is 11.1 Å². The molecule has 0 heterocycles. The van der Waals surface area contributed by atoms with E-state index in [1.54, 1.807) is 0 Å². The van der Waals surface area contributed by atoms with E-state index < -0.39 is 36.4 Å². The molecule has 0 bridgehead atoms. The number of benzene rings is 1. The van der Waals surface area contributed by atoms with Crippen molar-refractivity contribution in [3.05, 3.63) is 29.8 Å². The summed E-state index contributed by atoms with van der Waals surface area (Å²) >= 11 is 1.39. The molecule has 1 aromatic carbocycles. The van der Waals surface area contributed by atoms with Crippen LogP contribution in [0.4, 0.5) is 0 Å². The van der Waals surface area contributed by atoms with Gasteiger partial charge in [-0.2, -0.15) is 0 Å². The zero-order valence-corrected chi connectivity index (χ0v) is 13.8. The Morgan fingerprint density at radius 2 is 2.00 bits per heavy atom. The van der Waals surface area contributed by atoms with Crippen LogP contribution in [0.3, 0.4) is 0 Å². The van der Waals surface area contributed by atoms with Gasteiger partial charge in [0.2, 0.25) is 5.91 Å². The van der Waals surface area contributed by atoms with Crippen LogP contribution in [0.5, 0.6) is 0 Å². The van der Waals surface area contributed by atoms with Crippen LogP contribution in [-0.2, 0) is 19.1 Å². The number of amides is 1. The lowest BCUT2D eigenvalue weighted by molar-refractivity contribution is -0.144. The van der Waals surface area contributed by atoms with Crippen molar-refractivity contribution >= 4 is 29.6 Å². The molecule has 0 radical (unpaired) electrons. The average molecular weight is 340 g/mol. The molecule has 0 aliphatic carbocycles. The summed E-state index contributed by atoms with van der Waals surface area (Å²) in [5.41, 5.74) is 6.54. The smallest absolute Gasteiger partial charge is 0.329 e. The van der Waals surface area contributed by atoms with Gasteiger partial charge < -0.3 is 20.9 Å². The number of carbonyl (C=O) groups excluding carboxylic acids is 2. The number of nitrogens with one attached hydrogen (secondary N) is 1. The van der Waals surface area contributed by atoms with Gasteiger partial charge in [-0.3, -0.25) is 9.59 Å². The molecular weight excluding hydrogens is 320 g/mol. The normalized spacial score (nSPS) is 13.0. The van der Waals surface area contributed by atoms with E-state index in [9.17, 15) is 14.4 Å². The number of aryl methyl sites for hydroxylation is 1. The highest BCUT2D eigenvalue weighted by Crippen LogP contribution is 2.22. The number of esters is 1. The minimum absolute atomic E-state index is 0.253. The topological polar surface area (TPSA) is 119 Å². The molecule has 7 nitrogen and oxygen atoms in total. The lowest BCUT2D eigenvalue weighted by atomic mass is 10.2. The molecule has 0 saturated carbocycles. The Kier molecular flexibility index (Phi) is 7.56. The summed E-state index contributed by atoms with van der Waals surface area (Å²) in [6.07, 6.45) is -0.509. The molecule has 0 unspecified atom stereocenters. The van der Waals surface area contributed by atoms with E-state index in [4.69, 9.17) is 10.8 Å². The summed E-state index contributed by atoms with van der Waals surface area (Å²) in [4.78, 5) is 35.2. The third-order valence-corrected chi connectivity index (χ3v) is 4.30. The quantitative estimate of drug-likeness (QED) is 0.467. The summed E-state index contributed by atoms with van der Waals surface area (Å²) < 4.78 is 4.67. The fourth-order valence-corrected chi connectivity index (χ4v) is 2.80. The molecule has 1 aromatic rings. The van der Waals surface area contributed by atoms with E-state index in [1.165, 1.54) is 18.9 Å². The van der Waals surface area contributed by atoms with Gasteiger partial charge in [-0.1, -0.05) is 18.2 Å². The van der Waals surface area contributed by atoms with E-state index in [2.05, 4.69) is 10.1 Å². The predicted molar refractivity (Wildman–Crippen MR) is 86.1 cm³/mol. The Hall–Kier alpha value is -2.06. The molecule has 23 heavy (non-hydrogen) atoms. The molecule has 1 rings (SSSR count). The second-order valence-electron chi connectivity index (χ2n) is 4.87. The van der Waals surface area contributed by atoms with Crippen molar-refractivity contribution in [1.82, 2.24) is 5.32 Å². The molecule has 2 atom stereocenters. The van der Waals surface area contributed by atoms with E-state index in [0.29, 0.717) is 0 Å². The highest BCUT2D eigenvalue weighted by Gasteiger charge is 2.25. The number of ether oxygens (including phenoxy) is 1. The summed E-state index contributed by atoms with van der Waals surface area (Å²) in [7, 11) is 1.22. The van der Waals surface area contributed by atoms with Crippen molar-refractivity contribution < 1.29 is 24.2 Å². The van der Waals surface area contributed by atoms with Crippen molar-refractivity contribution in [3.8, 4) is 0 Å². The molecule has 0 saturated heterocycles. The van der Waals surface area contributed by atoms with Crippen LogP contribution >= 0.6 is 11.8 Å². The summed E-state index contributed by atoms with van der Waals surface area (Å²) in [6, 6.07) is 5.51. The van der Waals surface area contributed by atoms with Gasteiger partial charge in [0.1, 0.15) is 6.04 Å². The zero-order chi connectivity index (χ0) is 17.4. The summed E-state index contributed by atoms with van der Waals surface area (Å²) in [5, 5.41) is 11.1. The number of carboxylic acid groups (broad SMARTS) is 1. The fraction of sp³-hybridized carbons (Fsp3) is 0.400. The fourth-order valence-electron chi connectivity index (χ4n) is 1.76. The molecule has 0 spiro atoms. The van der Waals surface area contributed by atoms with Gasteiger partial charge in [-0.25, -0.2) is 4.79 Å². The van der Waals surface area contributed by atoms with Crippen molar-refractivity contribution in [2.45, 2.75) is 30.3 Å². The summed E-state index contributed by atoms with van der Waals surface area (Å²) in [5.74, 6) is -2.24. The molecule has 126 valence electrons. The number of carbonyl (C=O) groups is 3. The number of carboxylic acids is 1. The van der Waals surface area contributed by atoms with Gasteiger partial charge in [-0.15, -0.1) is 11.8 Å². The minimum atomic E-state index is -1.22. The Labute approximate surface area is 138 Å². The molecule has 4 N–H and O–H groups in total. The molecular formula is C15H20N2O5S. The Bertz CT molecular complexity index is 579. The zero-order valence-electron chi connectivity index (χ0n) is 12.9. The van der Waals surface area contributed by atoms with Gasteiger partial charge in [0, 0.05) is 10.6 Å². The van der Waals surface area contributed by atoms with Crippen LogP contribution in [0.15, 0.2) is 29.2 Å². The van der Waals surface area contributed by atoms with E-state index in [-0.39, 0.29) is 5.75 Å². The third kappa shape index (κ3) is 6.29. The second-order valence-corrected chi connectivity index (χ2v) is 5.93. The maximum Gasteiger partial charge on any atom is 0.329 e. The Balaban J connectivity index is 2.70. The summed E-state index contributed by atoms with van der Waals surface area (Å²) in [6.45, 7) is 1.94. The number of thioether (sulfide) groups is 1. The molecule has 0 aliphatic rings. The number of aliphatic carboxylic acids is 1. The highest BCUT2D eigenvalue weighted by atomic mass is 32.2. The lowest BCUT2D eigenvalue weighted by Gasteiger charge is -2.18. The van der Waals surface area contributed by atoms with Crippen LogP contribution in [-0.4, -0.2) is 47.9 Å². The van der Waals surface area contributed by atoms with E-state index in [0.717, 1.165) is 10.5 Å². The number of nitrogens with two attached hydrogens (primary N) is 1. The van der Waals surface area contributed by atoms with E-state index >= 15 is 0 Å². The van der Waals surface area contributed by atoms with Crippen molar-refractivity contribution in [1.29, 1.82) is 0 Å². The average Bonchev–Trinajstić information content (AvgIpc) is 2.51. The highest BCUT2D eigenvalue weighted by molar-refractivity contribution is 7.99. The number of hydrogen-bond acceptors (Lipinski definition) is 6. The number of methoxy groups -OCH3 is 1. The predicted octanol–water partition coefficient (Wildman–Crippen LogP) is 0.547. The first-order valence-electron chi connectivity index (χ1n) is 6.89. The van der Waals surface area contributed by atoms with Crippen LogP contribution in [0.1, 0.15) is 12.0 Å². The minimum Gasteiger partial charge on any atom is -0.481 e. The van der Waals surface area contributed by atoms with Gasteiger partial charge in [0.15, 0.2) is 0 Å². The molecule has 0 aliphatic heterocycles. The molecule has 0 fully saturated rings. The van der Waals surface area contributed by atoms with Crippen molar-refractivity contribution in [2.75, 3.05) is 12.9 Å². The van der Waals surface area contributed by atoms with Gasteiger partial charge >= 0.3 is 11.9 Å². The standard InChI is InChI=1S/C15H20N2O5S/c1-9-5-3-4-6-12(9)23-8-11(15(21)22-2)17-14(20)10(16)7-13(18)19/h3-6,10-11H,7-8,16H2,1-2H3,(H,17,20)(H,18,19)/t10-,11-/m0/s1. The largest absolute Gasteiger partial charge is 0.481 e. The second kappa shape index (κ2) is 9.16. The van der Waals surface area contributed by atoms with E-state index in [1.807, 2.05) is 31.2 Å². The van der Waals surface area contributed by atoms with Crippen molar-refractivity contribution in [3.63, 3.8) is 0 Å². The van der Waals surface area contributed by atoms with Gasteiger partial charge in [-0.05, 0) is 18.6 Å². The monoisotopic (exact) mass is 340 g/mol. The maximum absolute atomic E-state index is 11.9. The lowest BCUT2D eigenvalue weighted by Crippen LogP contribution is -2.50.